The van der Waals surface area contributed by atoms with E-state index in [0.29, 0.717) is 12.2 Å². The Morgan fingerprint density at radius 2 is 1.40 bits per heavy atom. The molecule has 0 heterocycles. The van der Waals surface area contributed by atoms with Gasteiger partial charge in [0.2, 0.25) is 0 Å². The van der Waals surface area contributed by atoms with E-state index in [1.807, 2.05) is 0 Å². The molecule has 0 aromatic heterocycles. The summed E-state index contributed by atoms with van der Waals surface area (Å²) in [6, 6.07) is 10.1. The van der Waals surface area contributed by atoms with Crippen LogP contribution in [0, 0.1) is 12.8 Å². The van der Waals surface area contributed by atoms with E-state index in [2.05, 4.69) is 36.5 Å². The minimum Gasteiger partial charge on any atom is -0.478 e. The van der Waals surface area contributed by atoms with Gasteiger partial charge in [0.1, 0.15) is 0 Å². The van der Waals surface area contributed by atoms with Gasteiger partial charge in [-0.2, -0.15) is 0 Å². The highest BCUT2D eigenvalue weighted by Crippen LogP contribution is 2.36. The Morgan fingerprint density at radius 1 is 0.900 bits per heavy atom. The second kappa shape index (κ2) is 13.2. The fourth-order valence-electron chi connectivity index (χ4n) is 4.65. The van der Waals surface area contributed by atoms with Crippen molar-refractivity contribution in [3.8, 4) is 0 Å². The van der Waals surface area contributed by atoms with Crippen LogP contribution in [0.5, 0.6) is 0 Å². The van der Waals surface area contributed by atoms with Crippen molar-refractivity contribution in [3.63, 3.8) is 0 Å². The molecule has 0 amide bonds. The summed E-state index contributed by atoms with van der Waals surface area (Å²) in [5, 5.41) is 19.6. The molecule has 166 valence electrons. The summed E-state index contributed by atoms with van der Waals surface area (Å²) in [5.74, 6) is -0.893. The normalized spacial score (nSPS) is 19.1. The maximum absolute atomic E-state index is 9.55. The quantitative estimate of drug-likeness (QED) is 0.527. The average molecular weight is 416 g/mol. The van der Waals surface area contributed by atoms with Crippen LogP contribution in [0.2, 0.25) is 0 Å². The molecule has 30 heavy (non-hydrogen) atoms. The number of aliphatic carboxylic acids is 2. The fourth-order valence-corrected chi connectivity index (χ4v) is 4.65. The number of carbonyl (C=O) groups is 2. The van der Waals surface area contributed by atoms with Gasteiger partial charge in [0.05, 0.1) is 0 Å². The summed E-state index contributed by atoms with van der Waals surface area (Å²) in [6.45, 7) is 3.39. The average Bonchev–Trinajstić information content (AvgIpc) is 2.76. The standard InChI is InChI=1S/C21H33N.C4H4O4/c1-17-12-14-19(15-13-17)21(18-8-4-2-5-9-18)16-22-20-10-6-3-7-11-20;5-3(6)1-2-4(7)8/h12-15,18,20-22H,2-11,16H2,1H3;1-2H,(H,5,6)(H,7,8)/b;2-1-. The number of nitrogens with one attached hydrogen (secondary N) is 1. The molecule has 0 bridgehead atoms. The lowest BCUT2D eigenvalue weighted by atomic mass is 9.76. The van der Waals surface area contributed by atoms with Crippen LogP contribution in [0.1, 0.15) is 81.3 Å². The Bertz CT molecular complexity index is 655. The largest absolute Gasteiger partial charge is 0.478 e. The van der Waals surface area contributed by atoms with E-state index in [-0.39, 0.29) is 0 Å². The number of carboxylic acids is 2. The summed E-state index contributed by atoms with van der Waals surface area (Å²) in [5.41, 5.74) is 2.95. The number of rotatable bonds is 7. The van der Waals surface area contributed by atoms with Crippen LogP contribution < -0.4 is 5.32 Å². The minimum atomic E-state index is -1.26. The zero-order chi connectivity index (χ0) is 21.8. The Balaban J connectivity index is 0.000000343. The Hall–Kier alpha value is -2.14. The van der Waals surface area contributed by atoms with Crippen molar-refractivity contribution in [2.45, 2.75) is 83.1 Å². The van der Waals surface area contributed by atoms with Gasteiger partial charge in [-0.15, -0.1) is 0 Å². The van der Waals surface area contributed by atoms with Crippen LogP contribution in [-0.4, -0.2) is 34.7 Å². The Morgan fingerprint density at radius 3 is 1.90 bits per heavy atom. The zero-order valence-corrected chi connectivity index (χ0v) is 18.2. The number of aryl methyl sites for hydroxylation is 1. The first-order valence-electron chi connectivity index (χ1n) is 11.4. The van der Waals surface area contributed by atoms with Crippen molar-refractivity contribution in [1.29, 1.82) is 0 Å². The second-order valence-electron chi connectivity index (χ2n) is 8.67. The second-order valence-corrected chi connectivity index (χ2v) is 8.67. The monoisotopic (exact) mass is 415 g/mol. The van der Waals surface area contributed by atoms with Crippen LogP contribution >= 0.6 is 0 Å². The molecule has 0 aliphatic heterocycles. The fraction of sp³-hybridized carbons (Fsp3) is 0.600. The molecule has 3 rings (SSSR count). The Kier molecular flexibility index (Phi) is 10.6. The van der Waals surface area contributed by atoms with E-state index in [4.69, 9.17) is 10.2 Å². The molecule has 5 nitrogen and oxygen atoms in total. The highest BCUT2D eigenvalue weighted by molar-refractivity contribution is 5.89. The van der Waals surface area contributed by atoms with Crippen molar-refractivity contribution in [1.82, 2.24) is 5.32 Å². The van der Waals surface area contributed by atoms with Gasteiger partial charge in [0, 0.05) is 24.7 Å². The SMILES string of the molecule is Cc1ccc(C(CNC2CCCCC2)C2CCCCC2)cc1.O=C(O)/C=C\C(=O)O. The van der Waals surface area contributed by atoms with Gasteiger partial charge in [-0.1, -0.05) is 68.4 Å². The third-order valence-corrected chi connectivity index (χ3v) is 6.32. The van der Waals surface area contributed by atoms with E-state index in [1.165, 1.54) is 76.3 Å². The molecular weight excluding hydrogens is 378 g/mol. The molecule has 1 unspecified atom stereocenters. The molecule has 0 spiro atoms. The van der Waals surface area contributed by atoms with Crippen molar-refractivity contribution >= 4 is 11.9 Å². The van der Waals surface area contributed by atoms with E-state index in [9.17, 15) is 9.59 Å². The zero-order valence-electron chi connectivity index (χ0n) is 18.2. The van der Waals surface area contributed by atoms with Crippen LogP contribution in [-0.2, 0) is 9.59 Å². The van der Waals surface area contributed by atoms with Crippen LogP contribution in [0.3, 0.4) is 0 Å². The van der Waals surface area contributed by atoms with Crippen LogP contribution in [0.25, 0.3) is 0 Å². The van der Waals surface area contributed by atoms with Crippen molar-refractivity contribution in [2.75, 3.05) is 6.54 Å². The number of carboxylic acid groups (broad SMARTS) is 2. The molecule has 2 aliphatic carbocycles. The summed E-state index contributed by atoms with van der Waals surface area (Å²) >= 11 is 0. The molecule has 3 N–H and O–H groups in total. The van der Waals surface area contributed by atoms with Crippen LogP contribution in [0.15, 0.2) is 36.4 Å². The topological polar surface area (TPSA) is 86.6 Å². The van der Waals surface area contributed by atoms with Gasteiger partial charge < -0.3 is 15.5 Å². The minimum absolute atomic E-state index is 0.558. The third-order valence-electron chi connectivity index (χ3n) is 6.32. The van der Waals surface area contributed by atoms with Gasteiger partial charge in [-0.05, 0) is 50.0 Å². The van der Waals surface area contributed by atoms with Crippen LogP contribution in [0.4, 0.5) is 0 Å². The summed E-state index contributed by atoms with van der Waals surface area (Å²) < 4.78 is 0. The lowest BCUT2D eigenvalue weighted by Crippen LogP contribution is -2.36. The van der Waals surface area contributed by atoms with Crippen molar-refractivity contribution in [2.24, 2.45) is 5.92 Å². The molecule has 1 aromatic carbocycles. The first kappa shape index (κ1) is 24.1. The van der Waals surface area contributed by atoms with Gasteiger partial charge in [-0.25, -0.2) is 9.59 Å². The lowest BCUT2D eigenvalue weighted by Gasteiger charge is -2.33. The van der Waals surface area contributed by atoms with Crippen molar-refractivity contribution in [3.05, 3.63) is 47.5 Å². The maximum atomic E-state index is 9.55. The van der Waals surface area contributed by atoms with E-state index in [1.54, 1.807) is 5.56 Å². The van der Waals surface area contributed by atoms with Gasteiger partial charge >= 0.3 is 11.9 Å². The summed E-state index contributed by atoms with van der Waals surface area (Å²) in [4.78, 5) is 19.1. The van der Waals surface area contributed by atoms with E-state index < -0.39 is 11.9 Å². The molecule has 0 saturated heterocycles. The van der Waals surface area contributed by atoms with Gasteiger partial charge in [0.15, 0.2) is 0 Å². The Labute approximate surface area is 180 Å². The molecule has 1 aromatic rings. The molecule has 5 heteroatoms. The number of benzene rings is 1. The summed E-state index contributed by atoms with van der Waals surface area (Å²) in [7, 11) is 0. The number of hydrogen-bond donors (Lipinski definition) is 3. The molecule has 0 radical (unpaired) electrons. The highest BCUT2D eigenvalue weighted by Gasteiger charge is 2.26. The predicted molar refractivity (Wildman–Crippen MR) is 120 cm³/mol. The maximum Gasteiger partial charge on any atom is 0.328 e. The molecule has 1 atom stereocenters. The van der Waals surface area contributed by atoms with E-state index in [0.717, 1.165) is 17.9 Å². The molecular formula is C25H37NO4. The first-order valence-corrected chi connectivity index (χ1v) is 11.4. The van der Waals surface area contributed by atoms with Gasteiger partial charge in [-0.3, -0.25) is 0 Å². The molecule has 2 fully saturated rings. The lowest BCUT2D eigenvalue weighted by molar-refractivity contribution is -0.134. The number of hydrogen-bond acceptors (Lipinski definition) is 3. The summed E-state index contributed by atoms with van der Waals surface area (Å²) in [6.07, 6.45) is 15.4. The van der Waals surface area contributed by atoms with Gasteiger partial charge in [0.25, 0.3) is 0 Å². The predicted octanol–water partition coefficient (Wildman–Crippen LogP) is 5.29. The van der Waals surface area contributed by atoms with Crippen molar-refractivity contribution < 1.29 is 19.8 Å². The highest BCUT2D eigenvalue weighted by atomic mass is 16.4. The smallest absolute Gasteiger partial charge is 0.328 e. The molecule has 2 saturated carbocycles. The van der Waals surface area contributed by atoms with E-state index >= 15 is 0 Å². The third kappa shape index (κ3) is 9.12. The first-order chi connectivity index (χ1) is 14.5. The molecule has 2 aliphatic rings.